The summed E-state index contributed by atoms with van der Waals surface area (Å²) in [5.41, 5.74) is 2.73. The highest BCUT2D eigenvalue weighted by Crippen LogP contribution is 2.50. The minimum absolute atomic E-state index is 0.257. The van der Waals surface area contributed by atoms with Gasteiger partial charge in [-0.15, -0.1) is 0 Å². The predicted molar refractivity (Wildman–Crippen MR) is 153 cm³/mol. The highest BCUT2D eigenvalue weighted by atomic mass is 14.9. The lowest BCUT2D eigenvalue weighted by Gasteiger charge is -2.49. The summed E-state index contributed by atoms with van der Waals surface area (Å²) in [6.07, 6.45) is 1.32. The smallest absolute Gasteiger partial charge is 0.00967 e. The van der Waals surface area contributed by atoms with Gasteiger partial charge in [0.2, 0.25) is 0 Å². The minimum Gasteiger partial charge on any atom is -0.312 e. The Balaban J connectivity index is -0.000000395. The molecule has 0 spiro atoms. The molecule has 0 radical (unpaired) electrons. The van der Waals surface area contributed by atoms with Crippen molar-refractivity contribution >= 4 is 0 Å². The van der Waals surface area contributed by atoms with Gasteiger partial charge in [-0.1, -0.05) is 125 Å². The second-order valence-electron chi connectivity index (χ2n) is 17.3. The average Bonchev–Trinajstić information content (AvgIpc) is 2.40. The molecular weight excluding hydrogens is 386 g/mol. The summed E-state index contributed by atoms with van der Waals surface area (Å²) in [4.78, 5) is 0. The molecule has 0 fully saturated rings. The lowest BCUT2D eigenvalue weighted by Crippen LogP contribution is -2.41. The largest absolute Gasteiger partial charge is 0.312 e. The molecule has 1 heteroatoms. The molecule has 0 aliphatic heterocycles. The molecule has 0 aromatic rings. The van der Waals surface area contributed by atoms with E-state index in [1.807, 2.05) is 0 Å². The van der Waals surface area contributed by atoms with E-state index < -0.39 is 0 Å². The molecule has 0 amide bonds. The van der Waals surface area contributed by atoms with Crippen molar-refractivity contribution in [2.45, 2.75) is 157 Å². The van der Waals surface area contributed by atoms with Crippen molar-refractivity contribution in [1.29, 1.82) is 0 Å². The van der Waals surface area contributed by atoms with Crippen LogP contribution < -0.4 is 5.32 Å². The maximum Gasteiger partial charge on any atom is 0.00967 e. The highest BCUT2D eigenvalue weighted by Gasteiger charge is 2.42. The zero-order valence-corrected chi connectivity index (χ0v) is 27.0. The summed E-state index contributed by atoms with van der Waals surface area (Å²) in [5.74, 6) is 0.808. The second kappa shape index (κ2) is 12.1. The topological polar surface area (TPSA) is 12.0 Å². The summed E-state index contributed by atoms with van der Waals surface area (Å²) in [6.45, 7) is 49.3. The first-order chi connectivity index (χ1) is 13.3. The van der Waals surface area contributed by atoms with Crippen LogP contribution in [0, 0.1) is 38.4 Å². The first-order valence-corrected chi connectivity index (χ1v) is 13.1. The summed E-state index contributed by atoms with van der Waals surface area (Å²) in [5, 5.41) is 3.46. The zero-order valence-electron chi connectivity index (χ0n) is 27.0. The second-order valence-corrected chi connectivity index (χ2v) is 17.3. The predicted octanol–water partition coefficient (Wildman–Crippen LogP) is 10.6. The molecule has 198 valence electrons. The molecule has 0 bridgehead atoms. The molecule has 0 saturated carbocycles. The Hall–Kier alpha value is -0.0400. The van der Waals surface area contributed by atoms with Gasteiger partial charge in [-0.2, -0.15) is 0 Å². The summed E-state index contributed by atoms with van der Waals surface area (Å²) in [7, 11) is 0. The fourth-order valence-corrected chi connectivity index (χ4v) is 2.88. The van der Waals surface area contributed by atoms with Crippen LogP contribution in [-0.4, -0.2) is 12.1 Å². The molecule has 1 N–H and O–H groups in total. The highest BCUT2D eigenvalue weighted by molar-refractivity contribution is 4.91. The fraction of sp³-hybridized carbons (Fsp3) is 1.00. The van der Waals surface area contributed by atoms with E-state index in [1.165, 1.54) is 6.42 Å². The van der Waals surface area contributed by atoms with Crippen LogP contribution in [0.2, 0.25) is 0 Å². The van der Waals surface area contributed by atoms with Gasteiger partial charge >= 0.3 is 0 Å². The van der Waals surface area contributed by atoms with E-state index in [2.05, 4.69) is 151 Å². The van der Waals surface area contributed by atoms with Crippen LogP contribution in [0.1, 0.15) is 152 Å². The van der Waals surface area contributed by atoms with Gasteiger partial charge < -0.3 is 5.32 Å². The molecule has 1 nitrogen and oxygen atoms in total. The Kier molecular flexibility index (Phi) is 13.8. The van der Waals surface area contributed by atoms with Gasteiger partial charge in [0.15, 0.2) is 0 Å². The van der Waals surface area contributed by atoms with Crippen LogP contribution in [0.5, 0.6) is 0 Å². The van der Waals surface area contributed by atoms with Crippen molar-refractivity contribution < 1.29 is 0 Å². The van der Waals surface area contributed by atoms with E-state index in [0.717, 1.165) is 12.5 Å². The Labute approximate surface area is 207 Å². The third kappa shape index (κ3) is 19.4. The Morgan fingerprint density at radius 3 is 0.875 bits per heavy atom. The quantitative estimate of drug-likeness (QED) is 0.436. The van der Waals surface area contributed by atoms with Crippen LogP contribution in [0.25, 0.3) is 0 Å². The lowest BCUT2D eigenvalue weighted by molar-refractivity contribution is 0.00575. The molecule has 0 aromatic heterocycles. The Morgan fingerprint density at radius 1 is 0.500 bits per heavy atom. The molecule has 0 saturated heterocycles. The van der Waals surface area contributed by atoms with Crippen LogP contribution in [0.4, 0.5) is 0 Å². The van der Waals surface area contributed by atoms with E-state index in [-0.39, 0.29) is 5.54 Å². The Morgan fingerprint density at radius 2 is 0.812 bits per heavy atom. The first-order valence-electron chi connectivity index (χ1n) is 13.1. The molecule has 0 rings (SSSR count). The first kappa shape index (κ1) is 36.5. The van der Waals surface area contributed by atoms with Gasteiger partial charge in [-0.3, -0.25) is 0 Å². The molecule has 0 aromatic carbocycles. The molecule has 32 heavy (non-hydrogen) atoms. The fourth-order valence-electron chi connectivity index (χ4n) is 2.88. The van der Waals surface area contributed by atoms with Gasteiger partial charge in [-0.25, -0.2) is 0 Å². The van der Waals surface area contributed by atoms with Crippen molar-refractivity contribution in [2.24, 2.45) is 38.4 Å². The van der Waals surface area contributed by atoms with E-state index in [1.54, 1.807) is 0 Å². The van der Waals surface area contributed by atoms with Gasteiger partial charge in [0, 0.05) is 12.1 Å². The molecule has 1 unspecified atom stereocenters. The van der Waals surface area contributed by atoms with Crippen LogP contribution in [0.15, 0.2) is 0 Å². The van der Waals surface area contributed by atoms with Gasteiger partial charge in [-0.05, 0) is 65.6 Å². The molecular formula is C31H69N. The summed E-state index contributed by atoms with van der Waals surface area (Å²) in [6, 6.07) is 0. The molecule has 0 aliphatic rings. The number of nitrogens with one attached hydrogen (secondary N) is 1. The average molecular weight is 456 g/mol. The molecule has 1 atom stereocenters. The van der Waals surface area contributed by atoms with E-state index in [0.29, 0.717) is 32.5 Å². The number of hydrogen-bond donors (Lipinski definition) is 1. The zero-order chi connectivity index (χ0) is 27.2. The third-order valence-electron chi connectivity index (χ3n) is 7.30. The van der Waals surface area contributed by atoms with Crippen LogP contribution in [-0.2, 0) is 0 Å². The van der Waals surface area contributed by atoms with E-state index >= 15 is 0 Å². The number of hydrogen-bond acceptors (Lipinski definition) is 1. The standard InChI is InChI=1S/2C11H24.C9H21N/c1-9(11(5,6)7)8-10(2,3)4;1-9(2,3)11(7,8)10(4,5)6;1-8(2,3)7-10-9(4,5)6/h9H,8H2,1-7H3;1-8H3;10H,7H2,1-6H3. The van der Waals surface area contributed by atoms with Gasteiger partial charge in [0.05, 0.1) is 0 Å². The lowest BCUT2D eigenvalue weighted by atomic mass is 9.56. The van der Waals surface area contributed by atoms with Crippen molar-refractivity contribution in [3.05, 3.63) is 0 Å². The van der Waals surface area contributed by atoms with Crippen LogP contribution in [0.3, 0.4) is 0 Å². The van der Waals surface area contributed by atoms with Crippen LogP contribution >= 0.6 is 0 Å². The minimum atomic E-state index is 0.257. The summed E-state index contributed by atoms with van der Waals surface area (Å²) < 4.78 is 0. The van der Waals surface area contributed by atoms with E-state index in [9.17, 15) is 0 Å². The maximum absolute atomic E-state index is 3.46. The monoisotopic (exact) mass is 456 g/mol. The van der Waals surface area contributed by atoms with Gasteiger partial charge in [0.1, 0.15) is 0 Å². The van der Waals surface area contributed by atoms with E-state index in [4.69, 9.17) is 0 Å². The molecule has 0 aliphatic carbocycles. The summed E-state index contributed by atoms with van der Waals surface area (Å²) >= 11 is 0. The number of rotatable bonds is 2. The van der Waals surface area contributed by atoms with Crippen molar-refractivity contribution in [3.63, 3.8) is 0 Å². The van der Waals surface area contributed by atoms with Crippen molar-refractivity contribution in [3.8, 4) is 0 Å². The van der Waals surface area contributed by atoms with Gasteiger partial charge in [0.25, 0.3) is 0 Å². The molecule has 0 heterocycles. The van der Waals surface area contributed by atoms with Crippen molar-refractivity contribution in [2.75, 3.05) is 6.54 Å². The van der Waals surface area contributed by atoms with Crippen molar-refractivity contribution in [1.82, 2.24) is 5.32 Å². The normalized spacial score (nSPS) is 15.3. The Bertz CT molecular complexity index is 452. The SMILES string of the molecule is CC(C)(C)C(C)(C)C(C)(C)C.CC(C)(C)CNC(C)(C)C.CC(CC(C)(C)C)C(C)(C)C. The third-order valence-corrected chi connectivity index (χ3v) is 7.30. The maximum atomic E-state index is 3.46.